The van der Waals surface area contributed by atoms with Crippen LogP contribution in [0, 0.1) is 0 Å². The van der Waals surface area contributed by atoms with E-state index in [1.165, 1.54) is 0 Å². The molecule has 18 heavy (non-hydrogen) atoms. The van der Waals surface area contributed by atoms with E-state index in [1.54, 1.807) is 0 Å². The molecule has 1 unspecified atom stereocenters. The molecule has 9 heteroatoms. The molecule has 0 aromatic rings. The summed E-state index contributed by atoms with van der Waals surface area (Å²) in [5, 5.41) is 7.86. The van der Waals surface area contributed by atoms with Crippen molar-refractivity contribution < 1.29 is 32.6 Å². The first-order valence-corrected chi connectivity index (χ1v) is 6.60. The van der Waals surface area contributed by atoms with E-state index in [-0.39, 0.29) is 6.42 Å². The van der Waals surface area contributed by atoms with Crippen molar-refractivity contribution in [1.29, 1.82) is 0 Å². The number of rotatable bonds is 2. The molecule has 2 heterocycles. The van der Waals surface area contributed by atoms with Crippen molar-refractivity contribution in [2.45, 2.75) is 29.5 Å². The summed E-state index contributed by atoms with van der Waals surface area (Å²) >= 11 is 0. The minimum Gasteiger partial charge on any atom is -0.480 e. The second kappa shape index (κ2) is 3.44. The van der Waals surface area contributed by atoms with Crippen molar-refractivity contribution in [3.8, 4) is 0 Å². The number of carbonyl (C=O) groups is 3. The van der Waals surface area contributed by atoms with Crippen LogP contribution in [0.15, 0.2) is 0 Å². The van der Waals surface area contributed by atoms with Crippen molar-refractivity contribution in [3.05, 3.63) is 0 Å². The van der Waals surface area contributed by atoms with Crippen LogP contribution in [0.1, 0.15) is 13.3 Å². The monoisotopic (exact) mass is 277 g/mol. The zero-order valence-corrected chi connectivity index (χ0v) is 10.4. The Kier molecular flexibility index (Phi) is 2.45. The van der Waals surface area contributed by atoms with Crippen molar-refractivity contribution in [3.63, 3.8) is 0 Å². The van der Waals surface area contributed by atoms with Gasteiger partial charge in [-0.05, 0) is 6.92 Å². The number of β-lactam (4-membered cyclic amide) rings is 1. The van der Waals surface area contributed by atoms with Gasteiger partial charge in [0, 0.05) is 0 Å². The van der Waals surface area contributed by atoms with Gasteiger partial charge in [0.05, 0.1) is 13.5 Å². The Labute approximate surface area is 102 Å². The molecular weight excluding hydrogens is 266 g/mol. The van der Waals surface area contributed by atoms with E-state index < -0.39 is 43.8 Å². The topological polar surface area (TPSA) is 118 Å². The molecule has 0 aliphatic carbocycles. The Bertz CT molecular complexity index is 553. The van der Waals surface area contributed by atoms with Crippen LogP contribution in [0.5, 0.6) is 0 Å². The predicted molar refractivity (Wildman–Crippen MR) is 56.0 cm³/mol. The fraction of sp³-hybridized carbons (Fsp3) is 0.667. The Morgan fingerprint density at radius 1 is 1.50 bits per heavy atom. The standard InChI is InChI=1S/C9H11NO7S/c1-9(8(14)17-2)6(7(12)13)10-4(11)3-5(10)18(9,15)16/h5-6H,3H2,1-2H3,(H,12,13)/t5?,6-,9+/m0/s1. The van der Waals surface area contributed by atoms with Gasteiger partial charge in [-0.15, -0.1) is 0 Å². The summed E-state index contributed by atoms with van der Waals surface area (Å²) in [7, 11) is -3.14. The van der Waals surface area contributed by atoms with Crippen LogP contribution in [0.25, 0.3) is 0 Å². The number of nitrogens with zero attached hydrogens (tertiary/aromatic N) is 1. The van der Waals surface area contributed by atoms with Crippen LogP contribution in [-0.2, 0) is 29.0 Å². The van der Waals surface area contributed by atoms with Gasteiger partial charge in [0.15, 0.2) is 20.6 Å². The average molecular weight is 277 g/mol. The Balaban J connectivity index is 2.65. The molecule has 1 amide bonds. The molecule has 0 spiro atoms. The van der Waals surface area contributed by atoms with E-state index >= 15 is 0 Å². The lowest BCUT2D eigenvalue weighted by atomic mass is 9.96. The summed E-state index contributed by atoms with van der Waals surface area (Å²) in [6.07, 6.45) is -0.293. The fourth-order valence-corrected chi connectivity index (χ4v) is 4.77. The van der Waals surface area contributed by atoms with Crippen LogP contribution in [-0.4, -0.2) is 59.5 Å². The van der Waals surface area contributed by atoms with Crippen LogP contribution in [0.3, 0.4) is 0 Å². The third-order valence-electron chi connectivity index (χ3n) is 3.52. The predicted octanol–water partition coefficient (Wildman–Crippen LogP) is -1.64. The Morgan fingerprint density at radius 2 is 2.06 bits per heavy atom. The van der Waals surface area contributed by atoms with Crippen molar-refractivity contribution in [2.24, 2.45) is 0 Å². The zero-order chi connectivity index (χ0) is 13.9. The highest BCUT2D eigenvalue weighted by Gasteiger charge is 2.73. The first-order chi connectivity index (χ1) is 8.19. The summed E-state index contributed by atoms with van der Waals surface area (Å²) in [5.41, 5.74) is 0. The molecule has 1 N–H and O–H groups in total. The number of fused-ring (bicyclic) bond motifs is 1. The highest BCUT2D eigenvalue weighted by atomic mass is 32.2. The lowest BCUT2D eigenvalue weighted by molar-refractivity contribution is -0.161. The average Bonchev–Trinajstić information content (AvgIpc) is 2.43. The van der Waals surface area contributed by atoms with E-state index in [9.17, 15) is 22.8 Å². The first kappa shape index (κ1) is 12.8. The van der Waals surface area contributed by atoms with E-state index in [1.807, 2.05) is 0 Å². The number of carboxylic acid groups (broad SMARTS) is 1. The lowest BCUT2D eigenvalue weighted by Gasteiger charge is -2.35. The van der Waals surface area contributed by atoms with Gasteiger partial charge in [-0.25, -0.2) is 13.2 Å². The van der Waals surface area contributed by atoms with E-state index in [0.717, 1.165) is 18.9 Å². The maximum atomic E-state index is 12.2. The maximum absolute atomic E-state index is 12.2. The van der Waals surface area contributed by atoms with Crippen LogP contribution < -0.4 is 0 Å². The summed E-state index contributed by atoms with van der Waals surface area (Å²) < 4.78 is 26.5. The molecule has 0 radical (unpaired) electrons. The molecule has 0 saturated carbocycles. The summed E-state index contributed by atoms with van der Waals surface area (Å²) in [6, 6.07) is -1.73. The molecule has 2 fully saturated rings. The number of carbonyl (C=O) groups excluding carboxylic acids is 2. The van der Waals surface area contributed by atoms with Crippen molar-refractivity contribution >= 4 is 27.7 Å². The number of esters is 1. The minimum absolute atomic E-state index is 0.293. The van der Waals surface area contributed by atoms with Gasteiger partial charge in [-0.3, -0.25) is 9.59 Å². The lowest BCUT2D eigenvalue weighted by Crippen LogP contribution is -2.59. The smallest absolute Gasteiger partial charge is 0.329 e. The molecule has 0 aromatic heterocycles. The summed E-state index contributed by atoms with van der Waals surface area (Å²) in [5.74, 6) is -3.30. The number of aliphatic carboxylic acids is 1. The van der Waals surface area contributed by atoms with Gasteiger partial charge < -0.3 is 14.7 Å². The Hall–Kier alpha value is -1.64. The van der Waals surface area contributed by atoms with E-state index in [0.29, 0.717) is 0 Å². The van der Waals surface area contributed by atoms with Gasteiger partial charge in [-0.1, -0.05) is 0 Å². The minimum atomic E-state index is -4.12. The van der Waals surface area contributed by atoms with Crippen LogP contribution >= 0.6 is 0 Å². The number of hydrogen-bond donors (Lipinski definition) is 1. The van der Waals surface area contributed by atoms with Crippen LogP contribution in [0.2, 0.25) is 0 Å². The number of carboxylic acids is 1. The summed E-state index contributed by atoms with van der Waals surface area (Å²) in [6.45, 7) is 0.985. The normalized spacial score (nSPS) is 36.8. The van der Waals surface area contributed by atoms with Gasteiger partial charge >= 0.3 is 11.9 Å². The highest BCUT2D eigenvalue weighted by molar-refractivity contribution is 7.94. The van der Waals surface area contributed by atoms with Gasteiger partial charge in [0.25, 0.3) is 0 Å². The number of methoxy groups -OCH3 is 1. The van der Waals surface area contributed by atoms with E-state index in [2.05, 4.69) is 4.74 Å². The number of ether oxygens (including phenoxy) is 1. The highest BCUT2D eigenvalue weighted by Crippen LogP contribution is 2.46. The zero-order valence-electron chi connectivity index (χ0n) is 9.61. The molecule has 2 saturated heterocycles. The number of sulfone groups is 1. The Morgan fingerprint density at radius 3 is 2.44 bits per heavy atom. The van der Waals surface area contributed by atoms with E-state index in [4.69, 9.17) is 5.11 Å². The van der Waals surface area contributed by atoms with Gasteiger partial charge in [0.2, 0.25) is 5.91 Å². The molecule has 8 nitrogen and oxygen atoms in total. The quantitative estimate of drug-likeness (QED) is 0.475. The van der Waals surface area contributed by atoms with Crippen molar-refractivity contribution in [2.75, 3.05) is 7.11 Å². The largest absolute Gasteiger partial charge is 0.480 e. The number of amides is 1. The number of hydrogen-bond acceptors (Lipinski definition) is 6. The maximum Gasteiger partial charge on any atom is 0.329 e. The van der Waals surface area contributed by atoms with Gasteiger partial charge in [0.1, 0.15) is 5.37 Å². The van der Waals surface area contributed by atoms with Gasteiger partial charge in [-0.2, -0.15) is 0 Å². The SMILES string of the molecule is COC(=O)[C@@]1(C)[C@H](C(=O)O)N2C(=O)CC2S1(=O)=O. The molecule has 100 valence electrons. The molecule has 2 aliphatic rings. The molecule has 2 aliphatic heterocycles. The molecular formula is C9H11NO7S. The molecule has 3 atom stereocenters. The summed E-state index contributed by atoms with van der Waals surface area (Å²) in [4.78, 5) is 35.0. The van der Waals surface area contributed by atoms with Crippen molar-refractivity contribution in [1.82, 2.24) is 4.90 Å². The molecule has 0 bridgehead atoms. The third-order valence-corrected chi connectivity index (χ3v) is 6.20. The van der Waals surface area contributed by atoms with Crippen LogP contribution in [0.4, 0.5) is 0 Å². The fourth-order valence-electron chi connectivity index (χ4n) is 2.46. The first-order valence-electron chi connectivity index (χ1n) is 5.05. The second-order valence-electron chi connectivity index (χ2n) is 4.34. The molecule has 2 rings (SSSR count). The molecule has 0 aromatic carbocycles. The third kappa shape index (κ3) is 1.14. The second-order valence-corrected chi connectivity index (χ2v) is 6.83.